The van der Waals surface area contributed by atoms with Gasteiger partial charge in [0.15, 0.2) is 0 Å². The average Bonchev–Trinajstić information content (AvgIpc) is 2.23. The van der Waals surface area contributed by atoms with Gasteiger partial charge in [-0.1, -0.05) is 46.0 Å². The van der Waals surface area contributed by atoms with Crippen molar-refractivity contribution in [3.63, 3.8) is 0 Å². The van der Waals surface area contributed by atoms with E-state index in [1.54, 1.807) is 0 Å². The molecule has 0 N–H and O–H groups in total. The van der Waals surface area contributed by atoms with Gasteiger partial charge in [0, 0.05) is 11.6 Å². The number of ether oxygens (including phenoxy) is 1. The molecule has 3 heteroatoms. The zero-order valence-electron chi connectivity index (χ0n) is 10.6. The van der Waals surface area contributed by atoms with Crippen LogP contribution in [0.4, 0.5) is 4.79 Å². The average molecular weight is 249 g/mol. The summed E-state index contributed by atoms with van der Waals surface area (Å²) in [5.74, 6) is 0. The number of halogens is 1. The van der Waals surface area contributed by atoms with Crippen LogP contribution in [0.15, 0.2) is 0 Å². The third-order valence-corrected chi connectivity index (χ3v) is 2.86. The van der Waals surface area contributed by atoms with Gasteiger partial charge in [0.25, 0.3) is 0 Å². The van der Waals surface area contributed by atoms with Crippen LogP contribution in [0.3, 0.4) is 0 Å². The van der Waals surface area contributed by atoms with Crippen molar-refractivity contribution in [3.05, 3.63) is 0 Å². The molecule has 0 fully saturated rings. The zero-order chi connectivity index (χ0) is 12.2. The van der Waals surface area contributed by atoms with Crippen molar-refractivity contribution in [1.29, 1.82) is 0 Å². The molecule has 0 aromatic rings. The normalized spacial score (nSPS) is 12.4. The Hall–Kier alpha value is -0.240. The Labute approximate surface area is 105 Å². The van der Waals surface area contributed by atoms with Crippen molar-refractivity contribution in [2.75, 3.05) is 0 Å². The van der Waals surface area contributed by atoms with Gasteiger partial charge in [0.05, 0.1) is 0 Å². The van der Waals surface area contributed by atoms with Gasteiger partial charge in [-0.3, -0.25) is 0 Å². The lowest BCUT2D eigenvalue weighted by molar-refractivity contribution is 0.106. The molecule has 0 aliphatic carbocycles. The molecule has 0 rings (SSSR count). The molecule has 96 valence electrons. The third-order valence-electron chi connectivity index (χ3n) is 2.77. The van der Waals surface area contributed by atoms with Crippen LogP contribution >= 0.6 is 11.6 Å². The highest BCUT2D eigenvalue weighted by atomic mass is 35.5. The summed E-state index contributed by atoms with van der Waals surface area (Å²) in [7, 11) is 0. The molecule has 0 aliphatic heterocycles. The Bertz CT molecular complexity index is 171. The molecular weight excluding hydrogens is 224 g/mol. The van der Waals surface area contributed by atoms with E-state index in [4.69, 9.17) is 16.3 Å². The first-order chi connectivity index (χ1) is 7.70. The number of hydrogen-bond acceptors (Lipinski definition) is 2. The molecule has 1 unspecified atom stereocenters. The lowest BCUT2D eigenvalue weighted by Crippen LogP contribution is -2.14. The smallest absolute Gasteiger partial charge is 0.404 e. The number of hydrogen-bond donors (Lipinski definition) is 0. The van der Waals surface area contributed by atoms with E-state index in [2.05, 4.69) is 13.8 Å². The van der Waals surface area contributed by atoms with Gasteiger partial charge in [0.2, 0.25) is 0 Å². The van der Waals surface area contributed by atoms with E-state index in [0.717, 1.165) is 25.7 Å². The van der Waals surface area contributed by atoms with E-state index in [0.29, 0.717) is 0 Å². The largest absolute Gasteiger partial charge is 0.450 e. The molecular formula is C13H25ClO2. The maximum absolute atomic E-state index is 10.7. The topological polar surface area (TPSA) is 26.3 Å². The fourth-order valence-corrected chi connectivity index (χ4v) is 1.94. The highest BCUT2D eigenvalue weighted by molar-refractivity contribution is 6.61. The van der Waals surface area contributed by atoms with Crippen LogP contribution < -0.4 is 0 Å². The Kier molecular flexibility index (Phi) is 11.1. The predicted octanol–water partition coefficient (Wildman–Crippen LogP) is 5.28. The minimum Gasteiger partial charge on any atom is -0.450 e. The fourth-order valence-electron chi connectivity index (χ4n) is 1.81. The predicted molar refractivity (Wildman–Crippen MR) is 69.0 cm³/mol. The molecule has 0 aromatic carbocycles. The van der Waals surface area contributed by atoms with E-state index in [-0.39, 0.29) is 6.10 Å². The first-order valence-corrected chi connectivity index (χ1v) is 6.94. The molecule has 0 saturated carbocycles. The van der Waals surface area contributed by atoms with Gasteiger partial charge < -0.3 is 4.74 Å². The minimum absolute atomic E-state index is 0.0356. The summed E-state index contributed by atoms with van der Waals surface area (Å²) in [6.07, 6.45) is 10.3. The number of unbranched alkanes of at least 4 members (excludes halogenated alkanes) is 5. The maximum Gasteiger partial charge on any atom is 0.404 e. The third kappa shape index (κ3) is 10.3. The van der Waals surface area contributed by atoms with E-state index < -0.39 is 5.43 Å². The molecule has 2 nitrogen and oxygen atoms in total. The summed E-state index contributed by atoms with van der Waals surface area (Å²) >= 11 is 5.26. The molecule has 0 spiro atoms. The SMILES string of the molecule is CCCCCCC(CCCCC)OC(=O)Cl. The lowest BCUT2D eigenvalue weighted by atomic mass is 10.0. The van der Waals surface area contributed by atoms with Crippen LogP contribution in [-0.2, 0) is 4.74 Å². The quantitative estimate of drug-likeness (QED) is 0.388. The molecule has 0 aliphatic rings. The summed E-state index contributed by atoms with van der Waals surface area (Å²) in [6.45, 7) is 4.36. The summed E-state index contributed by atoms with van der Waals surface area (Å²) in [6, 6.07) is 0. The second-order valence-electron chi connectivity index (χ2n) is 4.32. The molecule has 1 atom stereocenters. The van der Waals surface area contributed by atoms with Crippen LogP contribution in [0.5, 0.6) is 0 Å². The Balaban J connectivity index is 3.67. The van der Waals surface area contributed by atoms with Crippen molar-refractivity contribution >= 4 is 17.0 Å². The number of rotatable bonds is 10. The van der Waals surface area contributed by atoms with Crippen LogP contribution in [0.2, 0.25) is 0 Å². The molecule has 0 heterocycles. The van der Waals surface area contributed by atoms with Gasteiger partial charge in [-0.2, -0.15) is 0 Å². The standard InChI is InChI=1S/C13H25ClO2/c1-3-5-7-9-11-12(16-13(14)15)10-8-6-4-2/h12H,3-11H2,1-2H3. The number of carbonyl (C=O) groups is 1. The van der Waals surface area contributed by atoms with E-state index in [1.165, 1.54) is 32.1 Å². The van der Waals surface area contributed by atoms with Crippen LogP contribution in [0.1, 0.15) is 71.6 Å². The highest BCUT2D eigenvalue weighted by Crippen LogP contribution is 2.15. The maximum atomic E-state index is 10.7. The lowest BCUT2D eigenvalue weighted by Gasteiger charge is -2.15. The fraction of sp³-hybridized carbons (Fsp3) is 0.923. The highest BCUT2D eigenvalue weighted by Gasteiger charge is 2.12. The van der Waals surface area contributed by atoms with Gasteiger partial charge in [-0.25, -0.2) is 4.79 Å². The zero-order valence-corrected chi connectivity index (χ0v) is 11.4. The van der Waals surface area contributed by atoms with E-state index in [1.807, 2.05) is 0 Å². The molecule has 0 aromatic heterocycles. The van der Waals surface area contributed by atoms with Gasteiger partial charge >= 0.3 is 5.43 Å². The van der Waals surface area contributed by atoms with Crippen LogP contribution in [0, 0.1) is 0 Å². The first-order valence-electron chi connectivity index (χ1n) is 6.56. The summed E-state index contributed by atoms with van der Waals surface area (Å²) in [4.78, 5) is 10.7. The van der Waals surface area contributed by atoms with Crippen LogP contribution in [0.25, 0.3) is 0 Å². The Morgan fingerprint density at radius 2 is 1.50 bits per heavy atom. The Morgan fingerprint density at radius 1 is 1.00 bits per heavy atom. The van der Waals surface area contributed by atoms with Crippen molar-refractivity contribution in [2.45, 2.75) is 77.7 Å². The van der Waals surface area contributed by atoms with Gasteiger partial charge in [-0.05, 0) is 25.7 Å². The van der Waals surface area contributed by atoms with Crippen LogP contribution in [-0.4, -0.2) is 11.5 Å². The minimum atomic E-state index is -0.656. The van der Waals surface area contributed by atoms with E-state index >= 15 is 0 Å². The van der Waals surface area contributed by atoms with Crippen molar-refractivity contribution < 1.29 is 9.53 Å². The molecule has 0 radical (unpaired) electrons. The van der Waals surface area contributed by atoms with Gasteiger partial charge in [-0.15, -0.1) is 0 Å². The van der Waals surface area contributed by atoms with E-state index in [9.17, 15) is 4.79 Å². The van der Waals surface area contributed by atoms with Crippen molar-refractivity contribution in [2.24, 2.45) is 0 Å². The molecule has 0 saturated heterocycles. The Morgan fingerprint density at radius 3 is 2.00 bits per heavy atom. The second kappa shape index (κ2) is 11.3. The number of carbonyl (C=O) groups excluding carboxylic acids is 1. The summed E-state index contributed by atoms with van der Waals surface area (Å²) < 4.78 is 5.10. The first kappa shape index (κ1) is 15.8. The summed E-state index contributed by atoms with van der Waals surface area (Å²) in [5.41, 5.74) is -0.656. The molecule has 16 heavy (non-hydrogen) atoms. The monoisotopic (exact) mass is 248 g/mol. The van der Waals surface area contributed by atoms with Gasteiger partial charge in [0.1, 0.15) is 6.10 Å². The summed E-state index contributed by atoms with van der Waals surface area (Å²) in [5, 5.41) is 0. The second-order valence-corrected chi connectivity index (χ2v) is 4.63. The van der Waals surface area contributed by atoms with Crippen molar-refractivity contribution in [3.8, 4) is 0 Å². The molecule has 0 amide bonds. The molecule has 0 bridgehead atoms. The van der Waals surface area contributed by atoms with Crippen molar-refractivity contribution in [1.82, 2.24) is 0 Å².